The summed E-state index contributed by atoms with van der Waals surface area (Å²) in [6.45, 7) is 17.3. The van der Waals surface area contributed by atoms with Crippen molar-refractivity contribution in [3.63, 3.8) is 0 Å². The Kier molecular flexibility index (Phi) is 4.44. The van der Waals surface area contributed by atoms with E-state index < -0.39 is 0 Å². The molecule has 1 heterocycles. The summed E-state index contributed by atoms with van der Waals surface area (Å²) in [6, 6.07) is 0. The highest BCUT2D eigenvalue weighted by molar-refractivity contribution is 5.81. The summed E-state index contributed by atoms with van der Waals surface area (Å²) in [5.74, 6) is 2.50. The van der Waals surface area contributed by atoms with E-state index in [0.29, 0.717) is 28.6 Å². The molecule has 8 unspecified atom stereocenters. The Hall–Kier alpha value is -0.570. The molecule has 0 amide bonds. The molecule has 1 saturated heterocycles. The first-order chi connectivity index (χ1) is 15.2. The summed E-state index contributed by atoms with van der Waals surface area (Å²) in [5, 5.41) is 10.9. The number of aliphatic hydroxyl groups excluding tert-OH is 1. The van der Waals surface area contributed by atoms with Gasteiger partial charge in [-0.25, -0.2) is 0 Å². The summed E-state index contributed by atoms with van der Waals surface area (Å²) in [4.78, 5) is 13.3. The van der Waals surface area contributed by atoms with E-state index in [1.807, 2.05) is 0 Å². The summed E-state index contributed by atoms with van der Waals surface area (Å²) < 4.78 is 6.28. The second kappa shape index (κ2) is 6.40. The molecule has 3 heteroatoms. The number of hydrogen-bond acceptors (Lipinski definition) is 3. The Bertz CT molecular complexity index is 876. The van der Waals surface area contributed by atoms with Gasteiger partial charge in [-0.3, -0.25) is 4.79 Å². The van der Waals surface area contributed by atoms with Crippen LogP contribution in [-0.4, -0.2) is 23.3 Å². The molecule has 6 rings (SSSR count). The molecule has 6 fully saturated rings. The molecule has 0 aromatic heterocycles. The molecule has 1 aliphatic heterocycles. The SMILES string of the molecule is CC1(C)CCC23CC[C@@]4(C)C(CCC5C6(C)CC[C@H](O)C(C)(C)C6CCC54C)C2C1OC3=O. The highest BCUT2D eigenvalue weighted by Gasteiger charge is 2.75. The largest absolute Gasteiger partial charge is 0.461 e. The number of carbonyl (C=O) groups is 1. The first-order valence-electron chi connectivity index (χ1n) is 14.1. The van der Waals surface area contributed by atoms with Crippen LogP contribution < -0.4 is 0 Å². The third-order valence-electron chi connectivity index (χ3n) is 14.0. The van der Waals surface area contributed by atoms with Crippen LogP contribution in [-0.2, 0) is 9.53 Å². The van der Waals surface area contributed by atoms with Crippen LogP contribution in [0.15, 0.2) is 0 Å². The van der Waals surface area contributed by atoms with E-state index in [1.54, 1.807) is 0 Å². The predicted octanol–water partition coefficient (Wildman–Crippen LogP) is 6.76. The second-order valence-electron chi connectivity index (χ2n) is 15.5. The average Bonchev–Trinajstić information content (AvgIpc) is 2.99. The maximum Gasteiger partial charge on any atom is 0.312 e. The van der Waals surface area contributed by atoms with Gasteiger partial charge in [0, 0.05) is 11.3 Å². The third-order valence-corrected chi connectivity index (χ3v) is 14.0. The fraction of sp³-hybridized carbons (Fsp3) is 0.967. The number of hydrogen-bond donors (Lipinski definition) is 1. The Morgan fingerprint density at radius 3 is 2.18 bits per heavy atom. The maximum absolute atomic E-state index is 13.3. The minimum Gasteiger partial charge on any atom is -0.461 e. The van der Waals surface area contributed by atoms with Gasteiger partial charge >= 0.3 is 5.97 Å². The molecule has 5 saturated carbocycles. The summed E-state index contributed by atoms with van der Waals surface area (Å²) in [6.07, 6.45) is 11.6. The minimum absolute atomic E-state index is 0.00939. The molecular formula is C30H48O3. The second-order valence-corrected chi connectivity index (χ2v) is 15.5. The van der Waals surface area contributed by atoms with Crippen LogP contribution in [0.25, 0.3) is 0 Å². The van der Waals surface area contributed by atoms with Gasteiger partial charge in [-0.1, -0.05) is 48.5 Å². The lowest BCUT2D eigenvalue weighted by atomic mass is 9.31. The van der Waals surface area contributed by atoms with E-state index in [2.05, 4.69) is 48.5 Å². The van der Waals surface area contributed by atoms with Gasteiger partial charge in [-0.05, 0) is 104 Å². The van der Waals surface area contributed by atoms with Crippen molar-refractivity contribution >= 4 is 5.97 Å². The molecule has 33 heavy (non-hydrogen) atoms. The molecule has 3 nitrogen and oxygen atoms in total. The van der Waals surface area contributed by atoms with Crippen molar-refractivity contribution in [2.45, 2.75) is 125 Å². The number of esters is 1. The number of aliphatic hydroxyl groups is 1. The minimum atomic E-state index is -0.189. The van der Waals surface area contributed by atoms with Crippen molar-refractivity contribution in [1.82, 2.24) is 0 Å². The summed E-state index contributed by atoms with van der Waals surface area (Å²) in [7, 11) is 0. The number of fused-ring (bicyclic) bond motifs is 5. The van der Waals surface area contributed by atoms with Gasteiger partial charge in [0.2, 0.25) is 0 Å². The van der Waals surface area contributed by atoms with Crippen molar-refractivity contribution in [3.8, 4) is 0 Å². The molecule has 10 atom stereocenters. The first kappa shape index (κ1) is 22.9. The normalized spacial score (nSPS) is 58.4. The predicted molar refractivity (Wildman–Crippen MR) is 130 cm³/mol. The van der Waals surface area contributed by atoms with Gasteiger partial charge in [0.05, 0.1) is 11.5 Å². The number of rotatable bonds is 0. The van der Waals surface area contributed by atoms with Gasteiger partial charge < -0.3 is 9.84 Å². The summed E-state index contributed by atoms with van der Waals surface area (Å²) >= 11 is 0. The molecular weight excluding hydrogens is 408 g/mol. The van der Waals surface area contributed by atoms with Crippen LogP contribution in [0.5, 0.6) is 0 Å². The molecule has 0 aromatic rings. The van der Waals surface area contributed by atoms with Crippen LogP contribution in [0.4, 0.5) is 0 Å². The van der Waals surface area contributed by atoms with Gasteiger partial charge in [-0.15, -0.1) is 0 Å². The molecule has 2 bridgehead atoms. The lowest BCUT2D eigenvalue weighted by molar-refractivity contribution is -0.252. The maximum atomic E-state index is 13.3. The van der Waals surface area contributed by atoms with Gasteiger partial charge in [0.15, 0.2) is 0 Å². The Labute approximate surface area is 201 Å². The topological polar surface area (TPSA) is 46.5 Å². The van der Waals surface area contributed by atoms with E-state index in [1.165, 1.54) is 38.5 Å². The monoisotopic (exact) mass is 456 g/mol. The van der Waals surface area contributed by atoms with E-state index in [4.69, 9.17) is 4.74 Å². The van der Waals surface area contributed by atoms with E-state index in [9.17, 15) is 9.90 Å². The highest BCUT2D eigenvalue weighted by atomic mass is 16.6. The quantitative estimate of drug-likeness (QED) is 0.409. The van der Waals surface area contributed by atoms with Gasteiger partial charge in [-0.2, -0.15) is 0 Å². The molecule has 5 aliphatic carbocycles. The Balaban J connectivity index is 1.41. The van der Waals surface area contributed by atoms with Crippen LogP contribution in [0.1, 0.15) is 113 Å². The molecule has 1 N–H and O–H groups in total. The van der Waals surface area contributed by atoms with Crippen molar-refractivity contribution < 1.29 is 14.6 Å². The third kappa shape index (κ3) is 2.45. The van der Waals surface area contributed by atoms with Crippen molar-refractivity contribution in [3.05, 3.63) is 0 Å². The van der Waals surface area contributed by atoms with Crippen LogP contribution in [0.3, 0.4) is 0 Å². The van der Waals surface area contributed by atoms with Crippen LogP contribution >= 0.6 is 0 Å². The zero-order valence-corrected chi connectivity index (χ0v) is 22.3. The molecule has 186 valence electrons. The number of ether oxygens (including phenoxy) is 1. The Morgan fingerprint density at radius 1 is 0.758 bits per heavy atom. The van der Waals surface area contributed by atoms with Gasteiger partial charge in [0.1, 0.15) is 6.10 Å². The summed E-state index contributed by atoms with van der Waals surface area (Å²) in [5.41, 5.74) is 0.823. The molecule has 0 radical (unpaired) electrons. The lowest BCUT2D eigenvalue weighted by Gasteiger charge is -2.73. The van der Waals surface area contributed by atoms with Crippen LogP contribution in [0.2, 0.25) is 0 Å². The van der Waals surface area contributed by atoms with E-state index >= 15 is 0 Å². The van der Waals surface area contributed by atoms with Crippen molar-refractivity contribution in [2.24, 2.45) is 56.2 Å². The van der Waals surface area contributed by atoms with Crippen LogP contribution in [0, 0.1) is 56.2 Å². The van der Waals surface area contributed by atoms with E-state index in [-0.39, 0.29) is 39.8 Å². The van der Waals surface area contributed by atoms with E-state index in [0.717, 1.165) is 31.6 Å². The zero-order valence-electron chi connectivity index (χ0n) is 22.3. The van der Waals surface area contributed by atoms with Crippen molar-refractivity contribution in [2.75, 3.05) is 0 Å². The van der Waals surface area contributed by atoms with Crippen molar-refractivity contribution in [1.29, 1.82) is 0 Å². The lowest BCUT2D eigenvalue weighted by Crippen LogP contribution is -2.67. The first-order valence-corrected chi connectivity index (χ1v) is 14.1. The number of carbonyl (C=O) groups excluding carboxylic acids is 1. The van der Waals surface area contributed by atoms with Gasteiger partial charge in [0.25, 0.3) is 0 Å². The molecule has 6 aliphatic rings. The standard InChI is InChI=1S/C30H48O3/c1-25(2)14-16-30-17-15-28(6)18(22(30)23(25)33-24(30)32)8-9-20-27(5)12-11-21(31)26(3,4)19(27)10-13-29(20,28)7/h18-23,31H,8-17H2,1-7H3/t18?,19?,20?,21-,22?,23?,27?,28-,29?,30?/m0/s1. The Morgan fingerprint density at radius 2 is 1.45 bits per heavy atom. The fourth-order valence-electron chi connectivity index (χ4n) is 11.8. The fourth-order valence-corrected chi connectivity index (χ4v) is 11.8. The highest BCUT2D eigenvalue weighted by Crippen LogP contribution is 2.78. The average molecular weight is 457 g/mol. The smallest absolute Gasteiger partial charge is 0.312 e. The zero-order chi connectivity index (χ0) is 23.8. The molecule has 0 aromatic carbocycles. The molecule has 0 spiro atoms.